The number of rotatable bonds is 5. The van der Waals surface area contributed by atoms with Gasteiger partial charge in [0.05, 0.1) is 11.3 Å². The maximum Gasteiger partial charge on any atom is 0.309 e. The highest BCUT2D eigenvalue weighted by Gasteiger charge is 2.25. The molecule has 0 radical (unpaired) electrons. The molecule has 1 heterocycles. The second-order valence-electron chi connectivity index (χ2n) is 8.09. The highest BCUT2D eigenvalue weighted by molar-refractivity contribution is 5.91. The maximum atomic E-state index is 13.7. The minimum Gasteiger partial charge on any atom is -0.407 e. The average Bonchev–Trinajstić information content (AvgIpc) is 3.14. The van der Waals surface area contributed by atoms with Crippen molar-refractivity contribution in [3.8, 4) is 34.0 Å². The van der Waals surface area contributed by atoms with Crippen LogP contribution >= 0.6 is 0 Å². The minimum absolute atomic E-state index is 0.178. The molecule has 7 heteroatoms. The number of carbonyl (C=O) groups is 2. The summed E-state index contributed by atoms with van der Waals surface area (Å²) in [6.07, 6.45) is 0. The summed E-state index contributed by atoms with van der Waals surface area (Å²) in [6, 6.07) is 19.1. The molecule has 0 fully saturated rings. The fourth-order valence-corrected chi connectivity index (χ4v) is 3.74. The molecule has 3 aromatic carbocycles. The predicted octanol–water partition coefficient (Wildman–Crippen LogP) is 5.85. The standard InChI is InChI=1S/C27H24FN3O3/c1-16-5-6-17(2)24(15-16)31-27(34-19(4)33)25(20-9-13-23(14-10-20)29-18(3)32)26(30-31)21-7-11-22(28)12-8-21/h5-15H,1-4H3,(H,29,32). The van der Waals surface area contributed by atoms with E-state index >= 15 is 0 Å². The first-order valence-corrected chi connectivity index (χ1v) is 10.8. The lowest BCUT2D eigenvalue weighted by Gasteiger charge is -2.12. The summed E-state index contributed by atoms with van der Waals surface area (Å²) in [6.45, 7) is 6.70. The van der Waals surface area contributed by atoms with Gasteiger partial charge in [-0.15, -0.1) is 0 Å². The van der Waals surface area contributed by atoms with Gasteiger partial charge >= 0.3 is 5.97 Å². The van der Waals surface area contributed by atoms with Gasteiger partial charge in [-0.1, -0.05) is 24.3 Å². The number of hydrogen-bond donors (Lipinski definition) is 1. The number of halogens is 1. The van der Waals surface area contributed by atoms with Crippen LogP contribution in [0.4, 0.5) is 10.1 Å². The molecule has 0 bridgehead atoms. The second kappa shape index (κ2) is 9.31. The molecule has 34 heavy (non-hydrogen) atoms. The Kier molecular flexibility index (Phi) is 6.27. The minimum atomic E-state index is -0.492. The van der Waals surface area contributed by atoms with Crippen LogP contribution in [-0.4, -0.2) is 21.7 Å². The molecule has 0 saturated heterocycles. The smallest absolute Gasteiger partial charge is 0.309 e. The molecule has 4 aromatic rings. The van der Waals surface area contributed by atoms with E-state index in [0.717, 1.165) is 22.4 Å². The largest absolute Gasteiger partial charge is 0.407 e. The highest BCUT2D eigenvalue weighted by atomic mass is 19.1. The first-order valence-electron chi connectivity index (χ1n) is 10.8. The van der Waals surface area contributed by atoms with Crippen molar-refractivity contribution in [1.82, 2.24) is 9.78 Å². The lowest BCUT2D eigenvalue weighted by molar-refractivity contribution is -0.132. The number of benzene rings is 3. The molecular formula is C27H24FN3O3. The van der Waals surface area contributed by atoms with E-state index in [1.807, 2.05) is 44.2 Å². The Morgan fingerprint density at radius 2 is 1.56 bits per heavy atom. The third kappa shape index (κ3) is 4.73. The van der Waals surface area contributed by atoms with Crippen molar-refractivity contribution in [2.45, 2.75) is 27.7 Å². The number of amides is 1. The Balaban J connectivity index is 2.00. The summed E-state index contributed by atoms with van der Waals surface area (Å²) in [5.41, 5.74) is 5.87. The Morgan fingerprint density at radius 3 is 2.18 bits per heavy atom. The van der Waals surface area contributed by atoms with Gasteiger partial charge in [-0.2, -0.15) is 9.78 Å². The van der Waals surface area contributed by atoms with Crippen LogP contribution < -0.4 is 10.1 Å². The number of aryl methyl sites for hydroxylation is 2. The van der Waals surface area contributed by atoms with E-state index in [2.05, 4.69) is 5.32 Å². The van der Waals surface area contributed by atoms with E-state index in [0.29, 0.717) is 22.5 Å². The number of ether oxygens (including phenoxy) is 1. The molecule has 0 atom stereocenters. The van der Waals surface area contributed by atoms with Gasteiger partial charge in [-0.05, 0) is 73.0 Å². The Bertz CT molecular complexity index is 1370. The van der Waals surface area contributed by atoms with Crippen LogP contribution in [0.1, 0.15) is 25.0 Å². The zero-order valence-electron chi connectivity index (χ0n) is 19.3. The third-order valence-corrected chi connectivity index (χ3v) is 5.29. The predicted molar refractivity (Wildman–Crippen MR) is 129 cm³/mol. The van der Waals surface area contributed by atoms with E-state index < -0.39 is 5.97 Å². The van der Waals surface area contributed by atoms with Crippen molar-refractivity contribution in [2.24, 2.45) is 0 Å². The monoisotopic (exact) mass is 457 g/mol. The molecule has 0 aliphatic carbocycles. The number of nitrogens with one attached hydrogen (secondary N) is 1. The molecule has 1 aromatic heterocycles. The van der Waals surface area contributed by atoms with Crippen LogP contribution in [0, 0.1) is 19.7 Å². The molecule has 0 unspecified atom stereocenters. The molecule has 0 spiro atoms. The van der Waals surface area contributed by atoms with E-state index in [1.165, 1.54) is 26.0 Å². The van der Waals surface area contributed by atoms with Crippen molar-refractivity contribution in [3.05, 3.63) is 83.7 Å². The second-order valence-corrected chi connectivity index (χ2v) is 8.09. The van der Waals surface area contributed by atoms with Crippen molar-refractivity contribution >= 4 is 17.6 Å². The Morgan fingerprint density at radius 1 is 0.912 bits per heavy atom. The molecule has 0 saturated carbocycles. The fraction of sp³-hybridized carbons (Fsp3) is 0.148. The SMILES string of the molecule is CC(=O)Nc1ccc(-c2c(-c3ccc(F)cc3)nn(-c3cc(C)ccc3C)c2OC(C)=O)cc1. The molecule has 0 aliphatic heterocycles. The van der Waals surface area contributed by atoms with E-state index in [4.69, 9.17) is 9.84 Å². The van der Waals surface area contributed by atoms with Crippen molar-refractivity contribution in [1.29, 1.82) is 0 Å². The van der Waals surface area contributed by atoms with Gasteiger partial charge in [0.1, 0.15) is 11.5 Å². The Hall–Kier alpha value is -4.26. The molecule has 172 valence electrons. The number of carbonyl (C=O) groups excluding carboxylic acids is 2. The van der Waals surface area contributed by atoms with E-state index in [-0.39, 0.29) is 17.6 Å². The van der Waals surface area contributed by atoms with Gasteiger partial charge in [-0.25, -0.2) is 4.39 Å². The zero-order valence-corrected chi connectivity index (χ0v) is 19.3. The van der Waals surface area contributed by atoms with Gasteiger partial charge in [0.25, 0.3) is 0 Å². The van der Waals surface area contributed by atoms with Gasteiger partial charge < -0.3 is 10.1 Å². The lowest BCUT2D eigenvalue weighted by Crippen LogP contribution is -2.09. The number of esters is 1. The van der Waals surface area contributed by atoms with Crippen LogP contribution in [0.5, 0.6) is 5.88 Å². The van der Waals surface area contributed by atoms with Crippen molar-refractivity contribution < 1.29 is 18.7 Å². The normalized spacial score (nSPS) is 10.7. The van der Waals surface area contributed by atoms with Crippen LogP contribution in [0.2, 0.25) is 0 Å². The van der Waals surface area contributed by atoms with Crippen LogP contribution in [0.25, 0.3) is 28.1 Å². The van der Waals surface area contributed by atoms with Gasteiger partial charge in [-0.3, -0.25) is 9.59 Å². The van der Waals surface area contributed by atoms with E-state index in [1.54, 1.807) is 28.9 Å². The van der Waals surface area contributed by atoms with Crippen LogP contribution in [0.15, 0.2) is 66.7 Å². The quantitative estimate of drug-likeness (QED) is 0.382. The number of aromatic nitrogens is 2. The van der Waals surface area contributed by atoms with Crippen LogP contribution in [0.3, 0.4) is 0 Å². The summed E-state index contributed by atoms with van der Waals surface area (Å²) in [4.78, 5) is 23.6. The molecule has 6 nitrogen and oxygen atoms in total. The first-order chi connectivity index (χ1) is 16.2. The summed E-state index contributed by atoms with van der Waals surface area (Å²) < 4.78 is 21.0. The number of hydrogen-bond acceptors (Lipinski definition) is 4. The summed E-state index contributed by atoms with van der Waals surface area (Å²) in [7, 11) is 0. The van der Waals surface area contributed by atoms with Crippen LogP contribution in [-0.2, 0) is 9.59 Å². The lowest BCUT2D eigenvalue weighted by atomic mass is 10.0. The fourth-order valence-electron chi connectivity index (χ4n) is 3.74. The molecule has 0 aliphatic rings. The van der Waals surface area contributed by atoms with Gasteiger partial charge in [0, 0.05) is 25.1 Å². The highest BCUT2D eigenvalue weighted by Crippen LogP contribution is 2.41. The van der Waals surface area contributed by atoms with Gasteiger partial charge in [0.2, 0.25) is 11.8 Å². The van der Waals surface area contributed by atoms with E-state index in [9.17, 15) is 14.0 Å². The summed E-state index contributed by atoms with van der Waals surface area (Å²) in [5, 5.41) is 7.57. The average molecular weight is 458 g/mol. The summed E-state index contributed by atoms with van der Waals surface area (Å²) >= 11 is 0. The maximum absolute atomic E-state index is 13.7. The topological polar surface area (TPSA) is 73.2 Å². The van der Waals surface area contributed by atoms with Crippen molar-refractivity contribution in [3.63, 3.8) is 0 Å². The van der Waals surface area contributed by atoms with Gasteiger partial charge in [0.15, 0.2) is 0 Å². The third-order valence-electron chi connectivity index (χ3n) is 5.29. The molecule has 1 N–H and O–H groups in total. The zero-order chi connectivity index (χ0) is 24.4. The first kappa shape index (κ1) is 22.9. The number of nitrogens with zero attached hydrogens (tertiary/aromatic N) is 2. The number of anilines is 1. The molecule has 4 rings (SSSR count). The van der Waals surface area contributed by atoms with Crippen molar-refractivity contribution in [2.75, 3.05) is 5.32 Å². The molecular weight excluding hydrogens is 433 g/mol. The molecule has 1 amide bonds. The Labute approximate surface area is 197 Å². The summed E-state index contributed by atoms with van der Waals surface area (Å²) in [5.74, 6) is -0.775.